The molecule has 0 aromatic carbocycles. The van der Waals surface area contributed by atoms with E-state index in [1.165, 1.54) is 0 Å². The third-order valence-corrected chi connectivity index (χ3v) is 5.76. The second-order valence-electron chi connectivity index (χ2n) is 8.93. The molecule has 0 bridgehead atoms. The lowest BCUT2D eigenvalue weighted by atomic mass is 9.87. The van der Waals surface area contributed by atoms with Crippen molar-refractivity contribution >= 4 is 17.9 Å². The van der Waals surface area contributed by atoms with Gasteiger partial charge in [-0.1, -0.05) is 13.8 Å². The molecule has 3 atom stereocenters. The van der Waals surface area contributed by atoms with Gasteiger partial charge in [0, 0.05) is 25.3 Å². The SMILES string of the molecule is CC(C)CC(NC(=O)OCC1CCC(F)(F)CC1)C(=O)NC(C#N)CC1CCNC1=O. The van der Waals surface area contributed by atoms with E-state index in [4.69, 9.17) is 4.74 Å². The molecule has 31 heavy (non-hydrogen) atoms. The van der Waals surface area contributed by atoms with Crippen molar-refractivity contribution in [3.05, 3.63) is 0 Å². The Labute approximate surface area is 181 Å². The number of nitrogens with one attached hydrogen (secondary N) is 3. The average molecular weight is 443 g/mol. The number of hydrogen-bond acceptors (Lipinski definition) is 5. The molecule has 0 spiro atoms. The Morgan fingerprint density at radius 3 is 2.48 bits per heavy atom. The largest absolute Gasteiger partial charge is 0.449 e. The van der Waals surface area contributed by atoms with Crippen molar-refractivity contribution in [2.45, 2.75) is 76.8 Å². The first-order valence-corrected chi connectivity index (χ1v) is 10.9. The minimum atomic E-state index is -2.64. The highest BCUT2D eigenvalue weighted by molar-refractivity contribution is 5.86. The minimum absolute atomic E-state index is 0.0234. The smallest absolute Gasteiger partial charge is 0.407 e. The molecular weight excluding hydrogens is 410 g/mol. The van der Waals surface area contributed by atoms with Gasteiger partial charge in [0.05, 0.1) is 12.7 Å². The zero-order valence-electron chi connectivity index (χ0n) is 18.1. The topological polar surface area (TPSA) is 120 Å². The molecule has 2 fully saturated rings. The summed E-state index contributed by atoms with van der Waals surface area (Å²) in [6.45, 7) is 4.35. The summed E-state index contributed by atoms with van der Waals surface area (Å²) in [4.78, 5) is 36.6. The van der Waals surface area contributed by atoms with Crippen molar-refractivity contribution in [2.75, 3.05) is 13.2 Å². The maximum Gasteiger partial charge on any atom is 0.407 e. The van der Waals surface area contributed by atoms with Gasteiger partial charge in [0.25, 0.3) is 0 Å². The van der Waals surface area contributed by atoms with Gasteiger partial charge in [-0.15, -0.1) is 0 Å². The van der Waals surface area contributed by atoms with E-state index in [9.17, 15) is 28.4 Å². The third kappa shape index (κ3) is 8.31. The summed E-state index contributed by atoms with van der Waals surface area (Å²) in [6.07, 6.45) is 0.508. The summed E-state index contributed by atoms with van der Waals surface area (Å²) in [5, 5.41) is 17.2. The number of rotatable bonds is 9. The Morgan fingerprint density at radius 2 is 1.94 bits per heavy atom. The highest BCUT2D eigenvalue weighted by Gasteiger charge is 2.35. The van der Waals surface area contributed by atoms with Crippen molar-refractivity contribution in [1.82, 2.24) is 16.0 Å². The van der Waals surface area contributed by atoms with Gasteiger partial charge in [-0.25, -0.2) is 13.6 Å². The molecule has 2 aliphatic rings. The van der Waals surface area contributed by atoms with Gasteiger partial charge in [-0.2, -0.15) is 5.26 Å². The number of carbonyl (C=O) groups excluding carboxylic acids is 3. The van der Waals surface area contributed by atoms with Gasteiger partial charge >= 0.3 is 6.09 Å². The predicted molar refractivity (Wildman–Crippen MR) is 108 cm³/mol. The number of nitriles is 1. The zero-order valence-corrected chi connectivity index (χ0v) is 18.1. The molecule has 2 rings (SSSR count). The fourth-order valence-corrected chi connectivity index (χ4v) is 3.92. The maximum atomic E-state index is 13.2. The minimum Gasteiger partial charge on any atom is -0.449 e. The highest BCUT2D eigenvalue weighted by Crippen LogP contribution is 2.36. The second-order valence-corrected chi connectivity index (χ2v) is 8.93. The van der Waals surface area contributed by atoms with E-state index in [0.29, 0.717) is 19.4 Å². The van der Waals surface area contributed by atoms with Crippen LogP contribution in [0.1, 0.15) is 58.8 Å². The molecule has 1 aliphatic heterocycles. The summed E-state index contributed by atoms with van der Waals surface area (Å²) < 4.78 is 31.6. The molecule has 1 aliphatic carbocycles. The van der Waals surface area contributed by atoms with Crippen molar-refractivity contribution < 1.29 is 27.9 Å². The van der Waals surface area contributed by atoms with Crippen LogP contribution in [-0.2, 0) is 14.3 Å². The number of carbonyl (C=O) groups is 3. The standard InChI is InChI=1S/C21H32F2N4O4/c1-13(2)9-17(19(29)26-16(11-24)10-15-5-8-25-18(15)28)27-20(30)31-12-14-3-6-21(22,23)7-4-14/h13-17H,3-10,12H2,1-2H3,(H,25,28)(H,26,29)(H,27,30). The van der Waals surface area contributed by atoms with Crippen molar-refractivity contribution in [2.24, 2.45) is 17.8 Å². The monoisotopic (exact) mass is 442 g/mol. The van der Waals surface area contributed by atoms with Crippen LogP contribution in [0.2, 0.25) is 0 Å². The van der Waals surface area contributed by atoms with Crippen LogP contribution in [0.15, 0.2) is 0 Å². The molecule has 8 nitrogen and oxygen atoms in total. The van der Waals surface area contributed by atoms with E-state index < -0.39 is 30.0 Å². The highest BCUT2D eigenvalue weighted by atomic mass is 19.3. The van der Waals surface area contributed by atoms with Crippen LogP contribution >= 0.6 is 0 Å². The van der Waals surface area contributed by atoms with Crippen molar-refractivity contribution in [3.63, 3.8) is 0 Å². The van der Waals surface area contributed by atoms with E-state index in [1.54, 1.807) is 0 Å². The molecule has 0 radical (unpaired) electrons. The number of halogens is 2. The molecule has 0 aromatic rings. The molecule has 1 saturated heterocycles. The number of alkyl halides is 2. The second kappa shape index (κ2) is 11.3. The Bertz CT molecular complexity index is 685. The first-order chi connectivity index (χ1) is 14.6. The fraction of sp³-hybridized carbons (Fsp3) is 0.810. The van der Waals surface area contributed by atoms with Crippen LogP contribution in [0.25, 0.3) is 0 Å². The van der Waals surface area contributed by atoms with E-state index in [2.05, 4.69) is 16.0 Å². The van der Waals surface area contributed by atoms with Gasteiger partial charge in [0.1, 0.15) is 12.1 Å². The lowest BCUT2D eigenvalue weighted by Gasteiger charge is -2.28. The average Bonchev–Trinajstić information content (AvgIpc) is 3.10. The molecule has 1 heterocycles. The van der Waals surface area contributed by atoms with Crippen molar-refractivity contribution in [3.8, 4) is 6.07 Å². The van der Waals surface area contributed by atoms with E-state index in [0.717, 1.165) is 0 Å². The number of hydrogen-bond donors (Lipinski definition) is 3. The number of alkyl carbamates (subject to hydrolysis) is 1. The predicted octanol–water partition coefficient (Wildman–Crippen LogP) is 2.49. The zero-order chi connectivity index (χ0) is 23.0. The Morgan fingerprint density at radius 1 is 1.26 bits per heavy atom. The number of amides is 3. The molecule has 1 saturated carbocycles. The molecule has 3 unspecified atom stereocenters. The van der Waals surface area contributed by atoms with Gasteiger partial charge in [0.15, 0.2) is 0 Å². The Balaban J connectivity index is 1.84. The molecule has 0 aromatic heterocycles. The van der Waals surface area contributed by atoms with E-state index in [1.807, 2.05) is 19.9 Å². The number of ether oxygens (including phenoxy) is 1. The quantitative estimate of drug-likeness (QED) is 0.507. The summed E-state index contributed by atoms with van der Waals surface area (Å²) in [5.74, 6) is -3.66. The Kier molecular flexibility index (Phi) is 9.01. The lowest BCUT2D eigenvalue weighted by Crippen LogP contribution is -2.50. The van der Waals surface area contributed by atoms with Gasteiger partial charge in [0.2, 0.25) is 17.7 Å². The van der Waals surface area contributed by atoms with Crippen molar-refractivity contribution in [1.29, 1.82) is 5.26 Å². The van der Waals surface area contributed by atoms with Gasteiger partial charge < -0.3 is 20.7 Å². The lowest BCUT2D eigenvalue weighted by molar-refractivity contribution is -0.125. The van der Waals surface area contributed by atoms with Crippen LogP contribution in [0.5, 0.6) is 0 Å². The fourth-order valence-electron chi connectivity index (χ4n) is 3.92. The molecule has 174 valence electrons. The number of nitrogens with zero attached hydrogens (tertiary/aromatic N) is 1. The molecular formula is C21H32F2N4O4. The maximum absolute atomic E-state index is 13.2. The normalized spacial score (nSPS) is 22.8. The van der Waals surface area contributed by atoms with Crippen LogP contribution in [0, 0.1) is 29.1 Å². The Hall–Kier alpha value is -2.44. The van der Waals surface area contributed by atoms with E-state index >= 15 is 0 Å². The van der Waals surface area contributed by atoms with Crippen LogP contribution < -0.4 is 16.0 Å². The molecule has 3 amide bonds. The van der Waals surface area contributed by atoms with E-state index in [-0.39, 0.29) is 62.4 Å². The first-order valence-electron chi connectivity index (χ1n) is 10.9. The molecule has 10 heteroatoms. The summed E-state index contributed by atoms with van der Waals surface area (Å²) >= 11 is 0. The van der Waals surface area contributed by atoms with Gasteiger partial charge in [-0.05, 0) is 43.9 Å². The first kappa shape index (κ1) is 24.8. The van der Waals surface area contributed by atoms with Crippen LogP contribution in [0.4, 0.5) is 13.6 Å². The summed E-state index contributed by atoms with van der Waals surface area (Å²) in [7, 11) is 0. The molecule has 3 N–H and O–H groups in total. The summed E-state index contributed by atoms with van der Waals surface area (Å²) in [6, 6.07) is 0.244. The summed E-state index contributed by atoms with van der Waals surface area (Å²) in [5.41, 5.74) is 0. The third-order valence-electron chi connectivity index (χ3n) is 5.76. The van der Waals surface area contributed by atoms with Crippen LogP contribution in [-0.4, -0.2) is 49.1 Å². The van der Waals surface area contributed by atoms with Gasteiger partial charge in [-0.3, -0.25) is 9.59 Å². The van der Waals surface area contributed by atoms with Crippen LogP contribution in [0.3, 0.4) is 0 Å².